The number of halogens is 1. The molecule has 1 heterocycles. The monoisotopic (exact) mass is 457 g/mol. The molecule has 0 saturated carbocycles. The fourth-order valence-electron chi connectivity index (χ4n) is 3.34. The molecule has 0 aromatic heterocycles. The van der Waals surface area contributed by atoms with Gasteiger partial charge in [0.05, 0.1) is 0 Å². The Labute approximate surface area is 178 Å². The van der Waals surface area contributed by atoms with E-state index in [1.165, 1.54) is 0 Å². The summed E-state index contributed by atoms with van der Waals surface area (Å²) in [5.41, 5.74) is 1.59. The number of nitrogens with one attached hydrogen (secondary N) is 2. The van der Waals surface area contributed by atoms with E-state index in [2.05, 4.69) is 26.6 Å². The summed E-state index contributed by atoms with van der Waals surface area (Å²) >= 11 is 3.36. The number of nitrogens with zero attached hydrogens (tertiary/aromatic N) is 1. The van der Waals surface area contributed by atoms with Crippen molar-refractivity contribution in [1.29, 1.82) is 0 Å². The number of carbonyl (C=O) groups is 3. The molecule has 1 atom stereocenters. The molecule has 152 valence electrons. The molecular formula is C22H24BrN3O3. The molecule has 1 aliphatic heterocycles. The van der Waals surface area contributed by atoms with E-state index >= 15 is 0 Å². The topological polar surface area (TPSA) is 78.5 Å². The Bertz CT molecular complexity index is 855. The van der Waals surface area contributed by atoms with Crippen LogP contribution in [0.1, 0.15) is 35.2 Å². The van der Waals surface area contributed by atoms with Crippen molar-refractivity contribution in [2.45, 2.75) is 31.8 Å². The molecule has 1 unspecified atom stereocenters. The van der Waals surface area contributed by atoms with Crippen LogP contribution in [0, 0.1) is 0 Å². The van der Waals surface area contributed by atoms with Gasteiger partial charge in [0.15, 0.2) is 0 Å². The fraction of sp³-hybridized carbons (Fsp3) is 0.318. The minimum atomic E-state index is -0.487. The number of hydrogen-bond donors (Lipinski definition) is 2. The maximum absolute atomic E-state index is 12.7. The Morgan fingerprint density at radius 1 is 1.00 bits per heavy atom. The van der Waals surface area contributed by atoms with Crippen molar-refractivity contribution in [3.05, 3.63) is 70.2 Å². The minimum absolute atomic E-state index is 0.122. The van der Waals surface area contributed by atoms with E-state index < -0.39 is 6.04 Å². The molecule has 1 aliphatic rings. The molecule has 1 fully saturated rings. The first-order valence-electron chi connectivity index (χ1n) is 9.69. The van der Waals surface area contributed by atoms with Gasteiger partial charge in [0.25, 0.3) is 5.91 Å². The summed E-state index contributed by atoms with van der Waals surface area (Å²) in [4.78, 5) is 38.9. The lowest BCUT2D eigenvalue weighted by atomic mass is 10.1. The first-order valence-corrected chi connectivity index (χ1v) is 10.5. The zero-order chi connectivity index (χ0) is 20.6. The molecule has 2 aromatic rings. The Balaban J connectivity index is 1.45. The maximum atomic E-state index is 12.7. The van der Waals surface area contributed by atoms with Crippen LogP contribution in [0.15, 0.2) is 59.1 Å². The van der Waals surface area contributed by atoms with Gasteiger partial charge in [-0.05, 0) is 42.7 Å². The van der Waals surface area contributed by atoms with Crippen molar-refractivity contribution in [3.8, 4) is 0 Å². The number of carbonyl (C=O) groups excluding carboxylic acids is 3. The van der Waals surface area contributed by atoms with Gasteiger partial charge >= 0.3 is 0 Å². The van der Waals surface area contributed by atoms with Gasteiger partial charge in [-0.25, -0.2) is 0 Å². The molecule has 6 nitrogen and oxygen atoms in total. The van der Waals surface area contributed by atoms with Crippen LogP contribution in [-0.2, 0) is 16.1 Å². The highest BCUT2D eigenvalue weighted by atomic mass is 79.9. The number of benzene rings is 2. The molecule has 3 amide bonds. The molecule has 29 heavy (non-hydrogen) atoms. The zero-order valence-corrected chi connectivity index (χ0v) is 17.7. The molecule has 0 aliphatic carbocycles. The second-order valence-corrected chi connectivity index (χ2v) is 7.88. The third-order valence-corrected chi connectivity index (χ3v) is 5.42. The summed E-state index contributed by atoms with van der Waals surface area (Å²) in [6.45, 7) is 1.27. The van der Waals surface area contributed by atoms with Gasteiger partial charge in [0, 0.05) is 36.1 Å². The van der Waals surface area contributed by atoms with Crippen molar-refractivity contribution >= 4 is 33.7 Å². The van der Waals surface area contributed by atoms with Crippen LogP contribution >= 0.6 is 15.9 Å². The van der Waals surface area contributed by atoms with Crippen molar-refractivity contribution in [1.82, 2.24) is 15.5 Å². The lowest BCUT2D eigenvalue weighted by Crippen LogP contribution is -2.46. The van der Waals surface area contributed by atoms with Crippen molar-refractivity contribution in [2.24, 2.45) is 0 Å². The standard InChI is InChI=1S/C22H24BrN3O3/c23-18-10-8-17(9-11-18)22(29)26-14-4-7-19(26)21(28)24-13-12-20(27)25-15-16-5-2-1-3-6-16/h1-3,5-6,8-11,19H,4,7,12-15H2,(H,24,28)(H,25,27). The molecule has 2 aromatic carbocycles. The Morgan fingerprint density at radius 3 is 2.45 bits per heavy atom. The largest absolute Gasteiger partial charge is 0.354 e. The highest BCUT2D eigenvalue weighted by molar-refractivity contribution is 9.10. The average Bonchev–Trinajstić information content (AvgIpc) is 3.23. The molecule has 0 bridgehead atoms. The second kappa shape index (κ2) is 10.2. The lowest BCUT2D eigenvalue weighted by molar-refractivity contribution is -0.125. The summed E-state index contributed by atoms with van der Waals surface area (Å²) in [5.74, 6) is -0.469. The fourth-order valence-corrected chi connectivity index (χ4v) is 3.61. The molecule has 1 saturated heterocycles. The minimum Gasteiger partial charge on any atom is -0.354 e. The zero-order valence-electron chi connectivity index (χ0n) is 16.1. The van der Waals surface area contributed by atoms with E-state index in [0.717, 1.165) is 16.5 Å². The van der Waals surface area contributed by atoms with E-state index in [4.69, 9.17) is 0 Å². The van der Waals surface area contributed by atoms with Gasteiger partial charge in [-0.1, -0.05) is 46.3 Å². The van der Waals surface area contributed by atoms with Gasteiger partial charge in [0.2, 0.25) is 11.8 Å². The summed E-state index contributed by atoms with van der Waals surface area (Å²) in [5, 5.41) is 5.63. The summed E-state index contributed by atoms with van der Waals surface area (Å²) in [6.07, 6.45) is 1.62. The normalized spacial score (nSPS) is 15.8. The van der Waals surface area contributed by atoms with E-state index in [-0.39, 0.29) is 30.7 Å². The number of hydrogen-bond acceptors (Lipinski definition) is 3. The Kier molecular flexibility index (Phi) is 7.41. The average molecular weight is 458 g/mol. The highest BCUT2D eigenvalue weighted by Crippen LogP contribution is 2.21. The van der Waals surface area contributed by atoms with Crippen LogP contribution < -0.4 is 10.6 Å². The molecule has 3 rings (SSSR count). The van der Waals surface area contributed by atoms with Crippen molar-refractivity contribution in [3.63, 3.8) is 0 Å². The second-order valence-electron chi connectivity index (χ2n) is 6.97. The third kappa shape index (κ3) is 5.90. The maximum Gasteiger partial charge on any atom is 0.254 e. The first-order chi connectivity index (χ1) is 14.0. The molecule has 7 heteroatoms. The quantitative estimate of drug-likeness (QED) is 0.670. The van der Waals surface area contributed by atoms with E-state index in [1.54, 1.807) is 17.0 Å². The summed E-state index contributed by atoms with van der Waals surface area (Å²) in [6, 6.07) is 16.3. The SMILES string of the molecule is O=C(CCNC(=O)C1CCCN1C(=O)c1ccc(Br)cc1)NCc1ccccc1. The summed E-state index contributed by atoms with van der Waals surface area (Å²) < 4.78 is 0.898. The van der Waals surface area contributed by atoms with Crippen LogP contribution in [0.5, 0.6) is 0 Å². The Morgan fingerprint density at radius 2 is 1.72 bits per heavy atom. The van der Waals surface area contributed by atoms with Gasteiger partial charge in [-0.2, -0.15) is 0 Å². The molecular weight excluding hydrogens is 434 g/mol. The smallest absolute Gasteiger partial charge is 0.254 e. The lowest BCUT2D eigenvalue weighted by Gasteiger charge is -2.24. The van der Waals surface area contributed by atoms with Crippen LogP contribution in [0.25, 0.3) is 0 Å². The van der Waals surface area contributed by atoms with Crippen LogP contribution in [0.4, 0.5) is 0 Å². The molecule has 0 radical (unpaired) electrons. The highest BCUT2D eigenvalue weighted by Gasteiger charge is 2.34. The van der Waals surface area contributed by atoms with Gasteiger partial charge < -0.3 is 15.5 Å². The van der Waals surface area contributed by atoms with Gasteiger partial charge in [-0.15, -0.1) is 0 Å². The van der Waals surface area contributed by atoms with Crippen LogP contribution in [-0.4, -0.2) is 41.8 Å². The Hall–Kier alpha value is -2.67. The van der Waals surface area contributed by atoms with E-state index in [0.29, 0.717) is 25.1 Å². The van der Waals surface area contributed by atoms with Crippen LogP contribution in [0.2, 0.25) is 0 Å². The number of amides is 3. The molecule has 2 N–H and O–H groups in total. The van der Waals surface area contributed by atoms with Gasteiger partial charge in [0.1, 0.15) is 6.04 Å². The third-order valence-electron chi connectivity index (χ3n) is 4.89. The summed E-state index contributed by atoms with van der Waals surface area (Å²) in [7, 11) is 0. The number of likely N-dealkylation sites (tertiary alicyclic amines) is 1. The first kappa shape index (κ1) is 21.0. The van der Waals surface area contributed by atoms with Gasteiger partial charge in [-0.3, -0.25) is 14.4 Å². The predicted octanol–water partition coefficient (Wildman–Crippen LogP) is 2.88. The number of rotatable bonds is 7. The van der Waals surface area contributed by atoms with Crippen LogP contribution in [0.3, 0.4) is 0 Å². The van der Waals surface area contributed by atoms with E-state index in [1.807, 2.05) is 42.5 Å². The van der Waals surface area contributed by atoms with Crippen molar-refractivity contribution < 1.29 is 14.4 Å². The van der Waals surface area contributed by atoms with Crippen molar-refractivity contribution in [2.75, 3.05) is 13.1 Å². The predicted molar refractivity (Wildman–Crippen MR) is 114 cm³/mol. The van der Waals surface area contributed by atoms with E-state index in [9.17, 15) is 14.4 Å². The molecule has 0 spiro atoms.